The van der Waals surface area contributed by atoms with E-state index in [2.05, 4.69) is 16.5 Å². The fourth-order valence-corrected chi connectivity index (χ4v) is 2.78. The minimum atomic E-state index is -1.14. The van der Waals surface area contributed by atoms with Crippen LogP contribution in [0.15, 0.2) is 29.1 Å². The van der Waals surface area contributed by atoms with Crippen LogP contribution in [0.1, 0.15) is 52.0 Å². The highest BCUT2D eigenvalue weighted by Crippen LogP contribution is 2.17. The van der Waals surface area contributed by atoms with Crippen molar-refractivity contribution in [2.24, 2.45) is 11.8 Å². The Balaban J connectivity index is 2.35. The number of hydrogen-bond donors (Lipinski definition) is 1. The number of hydrogen-bond acceptors (Lipinski definition) is 6. The lowest BCUT2D eigenvalue weighted by molar-refractivity contribution is -0.130. The molecule has 0 aliphatic carbocycles. The Morgan fingerprint density at radius 3 is 2.33 bits per heavy atom. The normalized spacial score (nSPS) is 14.2. The number of nitriles is 1. The Morgan fingerprint density at radius 2 is 1.80 bits per heavy atom. The van der Waals surface area contributed by atoms with Crippen molar-refractivity contribution in [1.82, 2.24) is 15.1 Å². The number of nitrogens with one attached hydrogen (secondary N) is 1. The fourth-order valence-electron chi connectivity index (χ4n) is 2.78. The Bertz CT molecular complexity index is 1050. The van der Waals surface area contributed by atoms with Gasteiger partial charge in [0.15, 0.2) is 11.8 Å². The third-order valence-corrected chi connectivity index (χ3v) is 5.02. The summed E-state index contributed by atoms with van der Waals surface area (Å²) in [4.78, 5) is 38.0. The van der Waals surface area contributed by atoms with Gasteiger partial charge < -0.3 is 10.1 Å². The van der Waals surface area contributed by atoms with E-state index < -0.39 is 23.5 Å². The van der Waals surface area contributed by atoms with E-state index in [-0.39, 0.29) is 23.1 Å². The summed E-state index contributed by atoms with van der Waals surface area (Å²) < 4.78 is 6.59. The first kappa shape index (κ1) is 23.1. The number of nitrogens with zero attached hydrogens (tertiary/aromatic N) is 3. The molecule has 0 bridgehead atoms. The molecule has 0 radical (unpaired) electrons. The van der Waals surface area contributed by atoms with E-state index in [1.54, 1.807) is 31.2 Å². The standard InChI is InChI=1S/C22H28N4O4/c1-13(2)11-26-20(28)17-10-8-7-9-16(17)18(25-26)21(29)30-15(5)19(27)24-22(6,12-23)14(3)4/h7-10,13-15H,11H2,1-6H3,(H,24,27)/t15-,22-/m1/s1. The summed E-state index contributed by atoms with van der Waals surface area (Å²) in [5.41, 5.74) is -1.41. The average molecular weight is 412 g/mol. The number of amides is 1. The largest absolute Gasteiger partial charge is 0.448 e. The summed E-state index contributed by atoms with van der Waals surface area (Å²) in [6.07, 6.45) is -1.14. The van der Waals surface area contributed by atoms with Crippen molar-refractivity contribution in [3.8, 4) is 6.07 Å². The monoisotopic (exact) mass is 412 g/mol. The first-order valence-corrected chi connectivity index (χ1v) is 9.94. The highest BCUT2D eigenvalue weighted by Gasteiger charge is 2.33. The zero-order valence-electron chi connectivity index (χ0n) is 18.2. The molecule has 30 heavy (non-hydrogen) atoms. The van der Waals surface area contributed by atoms with Gasteiger partial charge in [-0.25, -0.2) is 9.48 Å². The second kappa shape index (κ2) is 9.08. The van der Waals surface area contributed by atoms with Gasteiger partial charge in [0.2, 0.25) is 0 Å². The SMILES string of the molecule is CC(C)Cn1nc(C(=O)O[C@H](C)C(=O)N[C@](C)(C#N)C(C)C)c2ccccc2c1=O. The summed E-state index contributed by atoms with van der Waals surface area (Å²) in [6, 6.07) is 8.74. The van der Waals surface area contributed by atoms with Gasteiger partial charge in [-0.1, -0.05) is 45.9 Å². The molecule has 1 aromatic carbocycles. The second-order valence-corrected chi connectivity index (χ2v) is 8.28. The molecule has 0 fully saturated rings. The van der Waals surface area contributed by atoms with Crippen molar-refractivity contribution in [3.05, 3.63) is 40.3 Å². The van der Waals surface area contributed by atoms with Crippen LogP contribution in [0.3, 0.4) is 0 Å². The molecule has 8 heteroatoms. The number of benzene rings is 1. The van der Waals surface area contributed by atoms with Gasteiger partial charge in [-0.15, -0.1) is 0 Å². The number of carbonyl (C=O) groups excluding carboxylic acids is 2. The number of fused-ring (bicyclic) bond motifs is 1. The lowest BCUT2D eigenvalue weighted by Gasteiger charge is -2.28. The van der Waals surface area contributed by atoms with E-state index in [0.717, 1.165) is 0 Å². The summed E-state index contributed by atoms with van der Waals surface area (Å²) >= 11 is 0. The van der Waals surface area contributed by atoms with Crippen molar-refractivity contribution in [2.45, 2.75) is 59.7 Å². The zero-order valence-corrected chi connectivity index (χ0v) is 18.2. The quantitative estimate of drug-likeness (QED) is 0.699. The molecule has 8 nitrogen and oxygen atoms in total. The molecule has 2 rings (SSSR count). The van der Waals surface area contributed by atoms with Gasteiger partial charge in [0, 0.05) is 11.9 Å². The van der Waals surface area contributed by atoms with E-state index in [0.29, 0.717) is 17.3 Å². The van der Waals surface area contributed by atoms with Gasteiger partial charge in [0.25, 0.3) is 11.5 Å². The first-order valence-electron chi connectivity index (χ1n) is 9.94. The Labute approximate surface area is 175 Å². The van der Waals surface area contributed by atoms with Crippen molar-refractivity contribution in [2.75, 3.05) is 0 Å². The lowest BCUT2D eigenvalue weighted by atomic mass is 9.90. The third-order valence-electron chi connectivity index (χ3n) is 5.02. The average Bonchev–Trinajstić information content (AvgIpc) is 2.69. The second-order valence-electron chi connectivity index (χ2n) is 8.28. The number of esters is 1. The number of aromatic nitrogens is 2. The first-order chi connectivity index (χ1) is 14.0. The molecule has 1 heterocycles. The molecule has 0 saturated heterocycles. The van der Waals surface area contributed by atoms with Gasteiger partial charge in [0.05, 0.1) is 11.5 Å². The lowest BCUT2D eigenvalue weighted by Crippen LogP contribution is -2.52. The van der Waals surface area contributed by atoms with Crippen molar-refractivity contribution >= 4 is 22.6 Å². The van der Waals surface area contributed by atoms with Crippen LogP contribution in [0.25, 0.3) is 10.8 Å². The minimum Gasteiger partial charge on any atom is -0.448 e. The topological polar surface area (TPSA) is 114 Å². The molecule has 0 spiro atoms. The van der Waals surface area contributed by atoms with Gasteiger partial charge in [-0.3, -0.25) is 9.59 Å². The highest BCUT2D eigenvalue weighted by atomic mass is 16.5. The van der Waals surface area contributed by atoms with Crippen molar-refractivity contribution < 1.29 is 14.3 Å². The molecule has 2 aromatic rings. The molecule has 0 aliphatic heterocycles. The van der Waals surface area contributed by atoms with Gasteiger partial charge in [-0.2, -0.15) is 10.4 Å². The van der Waals surface area contributed by atoms with Crippen molar-refractivity contribution in [3.63, 3.8) is 0 Å². The van der Waals surface area contributed by atoms with E-state index in [1.807, 2.05) is 27.7 Å². The van der Waals surface area contributed by atoms with Crippen LogP contribution >= 0.6 is 0 Å². The molecule has 0 aliphatic rings. The maximum absolute atomic E-state index is 12.8. The van der Waals surface area contributed by atoms with Crippen molar-refractivity contribution in [1.29, 1.82) is 5.26 Å². The maximum Gasteiger partial charge on any atom is 0.360 e. The molecule has 1 N–H and O–H groups in total. The molecule has 2 atom stereocenters. The Hall–Kier alpha value is -3.21. The molecule has 1 aromatic heterocycles. The molecule has 160 valence electrons. The van der Waals surface area contributed by atoms with E-state index >= 15 is 0 Å². The Morgan fingerprint density at radius 1 is 1.20 bits per heavy atom. The van der Waals surface area contributed by atoms with Gasteiger partial charge in [-0.05, 0) is 31.7 Å². The smallest absolute Gasteiger partial charge is 0.360 e. The summed E-state index contributed by atoms with van der Waals surface area (Å²) in [5.74, 6) is -1.39. The van der Waals surface area contributed by atoms with Crippen LogP contribution in [0.4, 0.5) is 0 Å². The number of carbonyl (C=O) groups is 2. The summed E-state index contributed by atoms with van der Waals surface area (Å²) in [6.45, 7) is 10.9. The molecule has 1 amide bonds. The predicted octanol–water partition coefficient (Wildman–Crippen LogP) is 2.65. The van der Waals surface area contributed by atoms with Crippen LogP contribution in [0, 0.1) is 23.2 Å². The van der Waals surface area contributed by atoms with Crippen LogP contribution in [0.2, 0.25) is 0 Å². The maximum atomic E-state index is 12.8. The van der Waals surface area contributed by atoms with E-state index in [4.69, 9.17) is 4.74 Å². The van der Waals surface area contributed by atoms with Crippen LogP contribution in [-0.2, 0) is 16.1 Å². The van der Waals surface area contributed by atoms with Crippen LogP contribution in [0.5, 0.6) is 0 Å². The highest BCUT2D eigenvalue weighted by molar-refractivity contribution is 6.02. The summed E-state index contributed by atoms with van der Waals surface area (Å²) in [5, 5.41) is 16.9. The Kier molecular flexibility index (Phi) is 6.98. The van der Waals surface area contributed by atoms with Gasteiger partial charge >= 0.3 is 5.97 Å². The van der Waals surface area contributed by atoms with Gasteiger partial charge in [0.1, 0.15) is 5.54 Å². The number of rotatable bonds is 7. The van der Waals surface area contributed by atoms with E-state index in [9.17, 15) is 19.6 Å². The summed E-state index contributed by atoms with van der Waals surface area (Å²) in [7, 11) is 0. The van der Waals surface area contributed by atoms with Crippen LogP contribution in [-0.4, -0.2) is 33.3 Å². The predicted molar refractivity (Wildman–Crippen MR) is 113 cm³/mol. The number of ether oxygens (including phenoxy) is 1. The van der Waals surface area contributed by atoms with E-state index in [1.165, 1.54) is 11.6 Å². The molecular formula is C22H28N4O4. The zero-order chi connectivity index (χ0) is 22.6. The minimum absolute atomic E-state index is 0.0302. The molecular weight excluding hydrogens is 384 g/mol. The molecule has 0 saturated carbocycles. The fraction of sp³-hybridized carbons (Fsp3) is 0.500. The molecule has 0 unspecified atom stereocenters. The van der Waals surface area contributed by atoms with Crippen LogP contribution < -0.4 is 10.9 Å². The third kappa shape index (κ3) is 4.85.